The van der Waals surface area contributed by atoms with E-state index in [4.69, 9.17) is 0 Å². The fraction of sp³-hybridized carbons (Fsp3) is 0.364. The Hall–Kier alpha value is -2.06. The zero-order valence-electron chi connectivity index (χ0n) is 14.4. The van der Waals surface area contributed by atoms with Gasteiger partial charge in [0.25, 0.3) is 0 Å². The van der Waals surface area contributed by atoms with Gasteiger partial charge in [-0.2, -0.15) is 0 Å². The van der Waals surface area contributed by atoms with E-state index in [1.807, 2.05) is 0 Å². The van der Waals surface area contributed by atoms with Crippen LogP contribution in [0.15, 0.2) is 48.5 Å². The lowest BCUT2D eigenvalue weighted by Crippen LogP contribution is -2.30. The van der Waals surface area contributed by atoms with Crippen LogP contribution in [0.25, 0.3) is 22.2 Å². The summed E-state index contributed by atoms with van der Waals surface area (Å²) in [6.45, 7) is 3.08. The highest BCUT2D eigenvalue weighted by Crippen LogP contribution is 2.31. The van der Waals surface area contributed by atoms with Crippen molar-refractivity contribution in [3.63, 3.8) is 0 Å². The topological polar surface area (TPSA) is 27.8 Å². The molecule has 0 atom stereocenters. The average molecular weight is 318 g/mol. The number of benzene rings is 2. The van der Waals surface area contributed by atoms with Crippen LogP contribution < -0.4 is 5.32 Å². The highest BCUT2D eigenvalue weighted by Gasteiger charge is 2.16. The van der Waals surface area contributed by atoms with Gasteiger partial charge in [-0.3, -0.25) is 0 Å². The molecule has 0 amide bonds. The third kappa shape index (κ3) is 3.11. The Morgan fingerprint density at radius 1 is 0.958 bits per heavy atom. The molecule has 1 aliphatic rings. The van der Waals surface area contributed by atoms with Crippen LogP contribution in [0.3, 0.4) is 0 Å². The molecule has 0 spiro atoms. The van der Waals surface area contributed by atoms with Crippen LogP contribution in [-0.2, 0) is 6.54 Å². The number of nitrogens with one attached hydrogen (secondary N) is 2. The number of aromatic amines is 1. The van der Waals surface area contributed by atoms with E-state index in [2.05, 4.69) is 65.8 Å². The van der Waals surface area contributed by atoms with E-state index in [1.165, 1.54) is 65.4 Å². The minimum atomic E-state index is 0.679. The molecule has 2 heteroatoms. The second kappa shape index (κ2) is 6.82. The zero-order chi connectivity index (χ0) is 16.4. The van der Waals surface area contributed by atoms with Crippen LogP contribution in [0.5, 0.6) is 0 Å². The molecule has 0 radical (unpaired) electrons. The van der Waals surface area contributed by atoms with Crippen LogP contribution in [0.2, 0.25) is 0 Å². The first-order chi connectivity index (χ1) is 11.8. The third-order valence-electron chi connectivity index (χ3n) is 5.33. The smallest absolute Gasteiger partial charge is 0.0510 e. The summed E-state index contributed by atoms with van der Waals surface area (Å²) in [4.78, 5) is 3.65. The fourth-order valence-electron chi connectivity index (χ4n) is 3.90. The van der Waals surface area contributed by atoms with Gasteiger partial charge in [0.1, 0.15) is 0 Å². The fourth-order valence-corrected chi connectivity index (χ4v) is 3.90. The number of hydrogen-bond acceptors (Lipinski definition) is 1. The Balaban J connectivity index is 1.68. The lowest BCUT2D eigenvalue weighted by Gasteiger charge is -2.23. The van der Waals surface area contributed by atoms with Crippen molar-refractivity contribution in [3.05, 3.63) is 59.7 Å². The minimum Gasteiger partial charge on any atom is -0.354 e. The Morgan fingerprint density at radius 2 is 1.71 bits per heavy atom. The molecular formula is C22H26N2. The SMILES string of the molecule is Cc1ccc(-c2[nH]c3ccccc3c2CNC2CCCCC2)cc1. The second-order valence-electron chi connectivity index (χ2n) is 7.11. The minimum absolute atomic E-state index is 0.679. The molecule has 1 heterocycles. The summed E-state index contributed by atoms with van der Waals surface area (Å²) >= 11 is 0. The van der Waals surface area contributed by atoms with Crippen molar-refractivity contribution in [1.29, 1.82) is 0 Å². The third-order valence-corrected chi connectivity index (χ3v) is 5.33. The maximum absolute atomic E-state index is 3.82. The van der Waals surface area contributed by atoms with Crippen molar-refractivity contribution in [2.45, 2.75) is 51.6 Å². The van der Waals surface area contributed by atoms with Gasteiger partial charge in [0.2, 0.25) is 0 Å². The summed E-state index contributed by atoms with van der Waals surface area (Å²) < 4.78 is 0. The van der Waals surface area contributed by atoms with Gasteiger partial charge >= 0.3 is 0 Å². The van der Waals surface area contributed by atoms with E-state index >= 15 is 0 Å². The average Bonchev–Trinajstić information content (AvgIpc) is 3.00. The molecule has 0 bridgehead atoms. The maximum atomic E-state index is 3.82. The number of hydrogen-bond donors (Lipinski definition) is 2. The summed E-state index contributed by atoms with van der Waals surface area (Å²) in [6.07, 6.45) is 6.79. The van der Waals surface area contributed by atoms with Gasteiger partial charge in [0, 0.05) is 23.5 Å². The molecule has 0 aliphatic heterocycles. The predicted molar refractivity (Wildman–Crippen MR) is 102 cm³/mol. The number of aryl methyl sites for hydroxylation is 1. The Kier molecular flexibility index (Phi) is 4.40. The van der Waals surface area contributed by atoms with Gasteiger partial charge in [-0.15, -0.1) is 0 Å². The number of rotatable bonds is 4. The van der Waals surface area contributed by atoms with Gasteiger partial charge < -0.3 is 10.3 Å². The van der Waals surface area contributed by atoms with Crippen LogP contribution in [0.4, 0.5) is 0 Å². The normalized spacial score (nSPS) is 15.9. The summed E-state index contributed by atoms with van der Waals surface area (Å²) in [5.41, 5.74) is 6.47. The van der Waals surface area contributed by atoms with Crippen molar-refractivity contribution < 1.29 is 0 Å². The van der Waals surface area contributed by atoms with E-state index in [0.717, 1.165) is 6.54 Å². The zero-order valence-corrected chi connectivity index (χ0v) is 14.4. The van der Waals surface area contributed by atoms with Crippen molar-refractivity contribution in [2.24, 2.45) is 0 Å². The molecule has 0 saturated heterocycles. The highest BCUT2D eigenvalue weighted by atomic mass is 14.9. The summed E-state index contributed by atoms with van der Waals surface area (Å²) in [6, 6.07) is 18.2. The van der Waals surface area contributed by atoms with Crippen molar-refractivity contribution in [1.82, 2.24) is 10.3 Å². The monoisotopic (exact) mass is 318 g/mol. The lowest BCUT2D eigenvalue weighted by atomic mass is 9.95. The molecule has 124 valence electrons. The Bertz CT molecular complexity index is 808. The van der Waals surface area contributed by atoms with E-state index < -0.39 is 0 Å². The quantitative estimate of drug-likeness (QED) is 0.647. The van der Waals surface area contributed by atoms with Gasteiger partial charge in [0.15, 0.2) is 0 Å². The number of fused-ring (bicyclic) bond motifs is 1. The molecule has 1 aromatic heterocycles. The molecule has 1 saturated carbocycles. The largest absolute Gasteiger partial charge is 0.354 e. The first kappa shape index (κ1) is 15.5. The van der Waals surface area contributed by atoms with Crippen LogP contribution in [0, 0.1) is 6.92 Å². The van der Waals surface area contributed by atoms with E-state index in [9.17, 15) is 0 Å². The predicted octanol–water partition coefficient (Wildman–Crippen LogP) is 5.57. The number of H-pyrrole nitrogens is 1. The molecule has 2 N–H and O–H groups in total. The highest BCUT2D eigenvalue weighted by molar-refractivity contribution is 5.90. The summed E-state index contributed by atoms with van der Waals surface area (Å²) in [7, 11) is 0. The van der Waals surface area contributed by atoms with Gasteiger partial charge in [-0.1, -0.05) is 67.3 Å². The molecule has 2 nitrogen and oxygen atoms in total. The van der Waals surface area contributed by atoms with E-state index in [-0.39, 0.29) is 0 Å². The van der Waals surface area contributed by atoms with Crippen molar-refractivity contribution in [2.75, 3.05) is 0 Å². The van der Waals surface area contributed by atoms with E-state index in [1.54, 1.807) is 0 Å². The Morgan fingerprint density at radius 3 is 2.50 bits per heavy atom. The van der Waals surface area contributed by atoms with Gasteiger partial charge in [-0.05, 0) is 37.0 Å². The summed E-state index contributed by atoms with van der Waals surface area (Å²) in [5, 5.41) is 5.16. The van der Waals surface area contributed by atoms with Crippen molar-refractivity contribution >= 4 is 10.9 Å². The molecule has 2 aromatic carbocycles. The molecule has 1 fully saturated rings. The van der Waals surface area contributed by atoms with E-state index in [0.29, 0.717) is 6.04 Å². The maximum Gasteiger partial charge on any atom is 0.0510 e. The molecule has 4 rings (SSSR count). The number of aromatic nitrogens is 1. The molecule has 24 heavy (non-hydrogen) atoms. The second-order valence-corrected chi connectivity index (χ2v) is 7.11. The van der Waals surface area contributed by atoms with Gasteiger partial charge in [0.05, 0.1) is 5.69 Å². The van der Waals surface area contributed by atoms with Crippen molar-refractivity contribution in [3.8, 4) is 11.3 Å². The molecule has 3 aromatic rings. The lowest BCUT2D eigenvalue weighted by molar-refractivity contribution is 0.373. The molecular weight excluding hydrogens is 292 g/mol. The van der Waals surface area contributed by atoms with Crippen LogP contribution in [0.1, 0.15) is 43.2 Å². The standard InChI is InChI=1S/C22H26N2/c1-16-11-13-17(14-12-16)22-20(15-23-18-7-3-2-4-8-18)19-9-5-6-10-21(19)24-22/h5-6,9-14,18,23-24H,2-4,7-8,15H2,1H3. The molecule has 0 unspecified atom stereocenters. The van der Waals surface area contributed by atoms with Gasteiger partial charge in [-0.25, -0.2) is 0 Å². The van der Waals surface area contributed by atoms with Crippen LogP contribution in [-0.4, -0.2) is 11.0 Å². The first-order valence-electron chi connectivity index (χ1n) is 9.21. The summed E-state index contributed by atoms with van der Waals surface area (Å²) in [5.74, 6) is 0. The molecule has 1 aliphatic carbocycles. The Labute approximate surface area is 144 Å². The first-order valence-corrected chi connectivity index (χ1v) is 9.21. The number of para-hydroxylation sites is 1. The van der Waals surface area contributed by atoms with Crippen LogP contribution >= 0.6 is 0 Å².